The highest BCUT2D eigenvalue weighted by Crippen LogP contribution is 2.25. The van der Waals surface area contributed by atoms with Crippen LogP contribution in [0.2, 0.25) is 0 Å². The van der Waals surface area contributed by atoms with E-state index in [1.165, 1.54) is 22.9 Å². The maximum atomic E-state index is 13.6. The fraction of sp³-hybridized carbons (Fsp3) is 0.364. The molecular weight excluding hydrogens is 386 g/mol. The lowest BCUT2D eigenvalue weighted by Crippen LogP contribution is -2.34. The number of esters is 1. The molecule has 0 fully saturated rings. The summed E-state index contributed by atoms with van der Waals surface area (Å²) in [6, 6.07) is 8.96. The van der Waals surface area contributed by atoms with Crippen LogP contribution in [0.3, 0.4) is 0 Å². The zero-order valence-corrected chi connectivity index (χ0v) is 17.5. The van der Waals surface area contributed by atoms with Crippen molar-refractivity contribution in [1.82, 2.24) is 9.55 Å². The highest BCUT2D eigenvalue weighted by atomic mass is 16.5. The molecule has 0 unspecified atom stereocenters. The van der Waals surface area contributed by atoms with E-state index in [9.17, 15) is 14.4 Å². The van der Waals surface area contributed by atoms with E-state index in [4.69, 9.17) is 9.15 Å². The number of ether oxygens (including phenoxy) is 1. The molecule has 0 saturated carbocycles. The summed E-state index contributed by atoms with van der Waals surface area (Å²) in [5, 5.41) is 0.152. The molecule has 3 rings (SSSR count). The van der Waals surface area contributed by atoms with Crippen LogP contribution < -0.4 is 10.5 Å². The summed E-state index contributed by atoms with van der Waals surface area (Å²) in [7, 11) is 1.30. The summed E-state index contributed by atoms with van der Waals surface area (Å²) in [4.78, 5) is 44.0. The van der Waals surface area contributed by atoms with E-state index in [0.29, 0.717) is 18.0 Å². The van der Waals surface area contributed by atoms with E-state index in [0.717, 1.165) is 0 Å². The Morgan fingerprint density at radius 1 is 1.23 bits per heavy atom. The minimum Gasteiger partial charge on any atom is -0.469 e. The lowest BCUT2D eigenvalue weighted by atomic mass is 10.1. The fourth-order valence-electron chi connectivity index (χ4n) is 3.31. The Balaban J connectivity index is 2.11. The van der Waals surface area contributed by atoms with Gasteiger partial charge in [-0.2, -0.15) is 0 Å². The molecule has 0 saturated heterocycles. The second kappa shape index (κ2) is 8.94. The smallest absolute Gasteiger partial charge is 0.307 e. The first kappa shape index (κ1) is 21.3. The van der Waals surface area contributed by atoms with Gasteiger partial charge in [-0.1, -0.05) is 32.0 Å². The number of carbonyl (C=O) groups excluding carboxylic acids is 2. The van der Waals surface area contributed by atoms with Crippen LogP contribution in [0.15, 0.2) is 45.9 Å². The zero-order chi connectivity index (χ0) is 21.8. The largest absolute Gasteiger partial charge is 0.469 e. The summed E-state index contributed by atoms with van der Waals surface area (Å²) < 4.78 is 11.8. The highest BCUT2D eigenvalue weighted by molar-refractivity contribution is 6.14. The molecule has 2 aromatic heterocycles. The van der Waals surface area contributed by atoms with Crippen LogP contribution in [0.25, 0.3) is 11.1 Å². The summed E-state index contributed by atoms with van der Waals surface area (Å²) >= 11 is 0. The van der Waals surface area contributed by atoms with Crippen LogP contribution in [0.1, 0.15) is 36.4 Å². The molecule has 3 aromatic rings. The van der Waals surface area contributed by atoms with Crippen LogP contribution in [0.4, 0.5) is 5.69 Å². The van der Waals surface area contributed by atoms with Crippen molar-refractivity contribution in [3.63, 3.8) is 0 Å². The monoisotopic (exact) mass is 411 g/mol. The minimum atomic E-state index is -0.432. The van der Waals surface area contributed by atoms with Gasteiger partial charge in [0, 0.05) is 18.8 Å². The first-order chi connectivity index (χ1) is 14.3. The molecule has 0 aliphatic rings. The SMILES string of the molecule is COC(=O)CCN(C(=O)c1c(C)oc2ncn(CC(C)C)c(=O)c12)c1ccccc1. The predicted molar refractivity (Wildman–Crippen MR) is 113 cm³/mol. The van der Waals surface area contributed by atoms with Crippen molar-refractivity contribution < 1.29 is 18.7 Å². The standard InChI is InChI=1S/C22H25N3O5/c1-14(2)12-24-13-23-20-19(21(24)27)18(15(3)30-20)22(28)25(11-10-17(26)29-4)16-8-6-5-7-9-16/h5-9,13-14H,10-12H2,1-4H3. The van der Waals surface area contributed by atoms with Gasteiger partial charge in [0.2, 0.25) is 5.71 Å². The van der Waals surface area contributed by atoms with Gasteiger partial charge in [-0.25, -0.2) is 4.98 Å². The lowest BCUT2D eigenvalue weighted by molar-refractivity contribution is -0.140. The molecule has 0 radical (unpaired) electrons. The van der Waals surface area contributed by atoms with Crippen LogP contribution in [0, 0.1) is 12.8 Å². The second-order valence-electron chi connectivity index (χ2n) is 7.43. The molecule has 0 atom stereocenters. The lowest BCUT2D eigenvalue weighted by Gasteiger charge is -2.22. The van der Waals surface area contributed by atoms with E-state index < -0.39 is 11.9 Å². The first-order valence-electron chi connectivity index (χ1n) is 9.75. The second-order valence-corrected chi connectivity index (χ2v) is 7.43. The van der Waals surface area contributed by atoms with E-state index in [1.807, 2.05) is 19.9 Å². The number of nitrogens with zero attached hydrogens (tertiary/aromatic N) is 3. The fourth-order valence-corrected chi connectivity index (χ4v) is 3.31. The maximum Gasteiger partial charge on any atom is 0.307 e. The van der Waals surface area contributed by atoms with Crippen LogP contribution in [-0.2, 0) is 16.1 Å². The topological polar surface area (TPSA) is 94.6 Å². The summed E-state index contributed by atoms with van der Waals surface area (Å²) in [5.74, 6) is -0.322. The molecule has 0 bridgehead atoms. The molecule has 0 aliphatic carbocycles. The predicted octanol–water partition coefficient (Wildman–Crippen LogP) is 3.16. The van der Waals surface area contributed by atoms with Gasteiger partial charge in [-0.3, -0.25) is 19.0 Å². The average Bonchev–Trinajstić information content (AvgIpc) is 3.07. The number of hydrogen-bond donors (Lipinski definition) is 0. The Morgan fingerprint density at radius 3 is 2.57 bits per heavy atom. The number of amides is 1. The number of anilines is 1. The number of hydrogen-bond acceptors (Lipinski definition) is 6. The van der Waals surface area contributed by atoms with Crippen molar-refractivity contribution in [2.45, 2.75) is 33.7 Å². The molecule has 30 heavy (non-hydrogen) atoms. The molecule has 2 heterocycles. The van der Waals surface area contributed by atoms with Crippen molar-refractivity contribution in [2.75, 3.05) is 18.6 Å². The molecule has 1 amide bonds. The highest BCUT2D eigenvalue weighted by Gasteiger charge is 2.28. The number of aromatic nitrogens is 2. The molecule has 8 nitrogen and oxygen atoms in total. The molecular formula is C22H25N3O5. The van der Waals surface area contributed by atoms with Gasteiger partial charge in [0.25, 0.3) is 11.5 Å². The van der Waals surface area contributed by atoms with Crippen LogP contribution >= 0.6 is 0 Å². The molecule has 0 N–H and O–H groups in total. The van der Waals surface area contributed by atoms with E-state index in [2.05, 4.69) is 4.98 Å². The summed E-state index contributed by atoms with van der Waals surface area (Å²) in [6.07, 6.45) is 1.45. The number of furan rings is 1. The third-order valence-electron chi connectivity index (χ3n) is 4.71. The van der Waals surface area contributed by atoms with Gasteiger partial charge < -0.3 is 14.1 Å². The Morgan fingerprint density at radius 2 is 1.93 bits per heavy atom. The van der Waals surface area contributed by atoms with Gasteiger partial charge in [-0.05, 0) is 25.0 Å². The Kier molecular flexibility index (Phi) is 6.34. The van der Waals surface area contributed by atoms with Gasteiger partial charge in [0.1, 0.15) is 17.5 Å². The number of aryl methyl sites for hydroxylation is 1. The normalized spacial score (nSPS) is 11.1. The molecule has 1 aromatic carbocycles. The molecule has 158 valence electrons. The average molecular weight is 411 g/mol. The minimum absolute atomic E-state index is 0.0157. The third-order valence-corrected chi connectivity index (χ3v) is 4.71. The van der Waals surface area contributed by atoms with Gasteiger partial charge in [-0.15, -0.1) is 0 Å². The molecule has 0 aliphatic heterocycles. The Labute approximate surface area is 174 Å². The van der Waals surface area contributed by atoms with Gasteiger partial charge in [0.15, 0.2) is 0 Å². The summed E-state index contributed by atoms with van der Waals surface area (Å²) in [6.45, 7) is 6.19. The maximum absolute atomic E-state index is 13.6. The number of rotatable bonds is 7. The quantitative estimate of drug-likeness (QED) is 0.554. The van der Waals surface area contributed by atoms with Crippen LogP contribution in [-0.4, -0.2) is 35.1 Å². The Bertz CT molecular complexity index is 1110. The van der Waals surface area contributed by atoms with Crippen molar-refractivity contribution in [3.8, 4) is 0 Å². The van der Waals surface area contributed by atoms with E-state index in [1.54, 1.807) is 31.2 Å². The van der Waals surface area contributed by atoms with Gasteiger partial charge in [0.05, 0.1) is 19.1 Å². The number of methoxy groups -OCH3 is 1. The van der Waals surface area contributed by atoms with E-state index in [-0.39, 0.29) is 41.1 Å². The van der Waals surface area contributed by atoms with Gasteiger partial charge >= 0.3 is 5.97 Å². The molecule has 8 heteroatoms. The van der Waals surface area contributed by atoms with Crippen molar-refractivity contribution in [3.05, 3.63) is 58.3 Å². The Hall–Kier alpha value is -3.42. The van der Waals surface area contributed by atoms with Crippen molar-refractivity contribution in [1.29, 1.82) is 0 Å². The number of benzene rings is 1. The van der Waals surface area contributed by atoms with Crippen LogP contribution in [0.5, 0.6) is 0 Å². The first-order valence-corrected chi connectivity index (χ1v) is 9.75. The number of para-hydroxylation sites is 1. The van der Waals surface area contributed by atoms with Crippen molar-refractivity contribution in [2.24, 2.45) is 5.92 Å². The number of carbonyl (C=O) groups is 2. The number of fused-ring (bicyclic) bond motifs is 1. The third kappa shape index (κ3) is 4.27. The molecule has 0 spiro atoms. The zero-order valence-electron chi connectivity index (χ0n) is 17.5. The van der Waals surface area contributed by atoms with E-state index >= 15 is 0 Å². The summed E-state index contributed by atoms with van der Waals surface area (Å²) in [5.41, 5.74) is 0.567. The van der Waals surface area contributed by atoms with Crippen molar-refractivity contribution >= 4 is 28.7 Å².